The zero-order chi connectivity index (χ0) is 14.2. The molecular weight excluding hydrogens is 254 g/mol. The van der Waals surface area contributed by atoms with Gasteiger partial charge in [-0.3, -0.25) is 9.69 Å². The quantitative estimate of drug-likeness (QED) is 0.697. The molecule has 2 N–H and O–H groups in total. The smallest absolute Gasteiger partial charge is 0.166 e. The van der Waals surface area contributed by atoms with Crippen LogP contribution in [0.5, 0.6) is 0 Å². The molecule has 4 fully saturated rings. The van der Waals surface area contributed by atoms with E-state index in [0.29, 0.717) is 18.8 Å². The van der Waals surface area contributed by atoms with Crippen molar-refractivity contribution in [1.82, 2.24) is 4.90 Å². The Kier molecular flexibility index (Phi) is 2.54. The first-order valence-corrected chi connectivity index (χ1v) is 8.17. The minimum atomic E-state index is -1.31. The maximum Gasteiger partial charge on any atom is 0.166 e. The van der Waals surface area contributed by atoms with Gasteiger partial charge in [-0.1, -0.05) is 6.92 Å². The summed E-state index contributed by atoms with van der Waals surface area (Å²) in [4.78, 5) is 14.9. The second-order valence-corrected chi connectivity index (χ2v) is 7.71. The van der Waals surface area contributed by atoms with Gasteiger partial charge in [-0.05, 0) is 63.5 Å². The van der Waals surface area contributed by atoms with Crippen LogP contribution in [0.1, 0.15) is 51.9 Å². The Labute approximate surface area is 120 Å². The van der Waals surface area contributed by atoms with E-state index in [9.17, 15) is 15.0 Å². The van der Waals surface area contributed by atoms with Crippen molar-refractivity contribution in [3.63, 3.8) is 0 Å². The molecule has 1 spiro atoms. The molecule has 4 rings (SSSR count). The van der Waals surface area contributed by atoms with E-state index in [1.807, 2.05) is 0 Å². The van der Waals surface area contributed by atoms with Gasteiger partial charge in [0, 0.05) is 6.42 Å². The Hall–Kier alpha value is -0.450. The Balaban J connectivity index is 1.95. The molecule has 112 valence electrons. The summed E-state index contributed by atoms with van der Waals surface area (Å²) in [5.74, 6) is 0.504. The molecule has 0 aromatic heterocycles. The van der Waals surface area contributed by atoms with Crippen LogP contribution in [0.25, 0.3) is 0 Å². The Morgan fingerprint density at radius 1 is 1.20 bits per heavy atom. The first kappa shape index (κ1) is 13.2. The monoisotopic (exact) mass is 279 g/mol. The number of carbonyl (C=O) groups excluding carboxylic acids is 1. The van der Waals surface area contributed by atoms with Crippen LogP contribution in [0, 0.1) is 11.8 Å². The van der Waals surface area contributed by atoms with Gasteiger partial charge in [0.2, 0.25) is 0 Å². The third-order valence-corrected chi connectivity index (χ3v) is 6.79. The molecule has 4 aliphatic rings. The fraction of sp³-hybridized carbons (Fsp3) is 0.938. The van der Waals surface area contributed by atoms with Crippen molar-refractivity contribution in [1.29, 1.82) is 0 Å². The number of piperidine rings is 2. The van der Waals surface area contributed by atoms with Crippen LogP contribution in [-0.4, -0.2) is 50.7 Å². The van der Waals surface area contributed by atoms with Crippen LogP contribution in [0.4, 0.5) is 0 Å². The highest BCUT2D eigenvalue weighted by molar-refractivity contribution is 5.91. The number of carbonyl (C=O) groups is 1. The molecule has 2 heterocycles. The van der Waals surface area contributed by atoms with E-state index < -0.39 is 16.7 Å². The summed E-state index contributed by atoms with van der Waals surface area (Å²) in [6, 6.07) is 0. The maximum absolute atomic E-state index is 12.7. The van der Waals surface area contributed by atoms with E-state index in [4.69, 9.17) is 0 Å². The highest BCUT2D eigenvalue weighted by atomic mass is 16.3. The first-order valence-electron chi connectivity index (χ1n) is 8.17. The number of rotatable bonds is 0. The van der Waals surface area contributed by atoms with Crippen LogP contribution in [-0.2, 0) is 4.79 Å². The molecule has 5 unspecified atom stereocenters. The van der Waals surface area contributed by atoms with Gasteiger partial charge in [0.1, 0.15) is 5.60 Å². The zero-order valence-corrected chi connectivity index (χ0v) is 12.3. The number of Topliss-reactive ketones (excluding diaryl/α,β-unsaturated/α-hetero) is 1. The number of ketones is 1. The van der Waals surface area contributed by atoms with Gasteiger partial charge in [0.15, 0.2) is 5.78 Å². The zero-order valence-electron chi connectivity index (χ0n) is 12.3. The van der Waals surface area contributed by atoms with Crippen molar-refractivity contribution < 1.29 is 15.0 Å². The average Bonchev–Trinajstić information content (AvgIpc) is 2.38. The SMILES string of the molecule is CC1CC2CC(=O)C3(O)CCCN4CCCC2(O)C43C1. The lowest BCUT2D eigenvalue weighted by Crippen LogP contribution is -2.86. The van der Waals surface area contributed by atoms with E-state index in [0.717, 1.165) is 45.2 Å². The van der Waals surface area contributed by atoms with Crippen LogP contribution in [0.15, 0.2) is 0 Å². The average molecular weight is 279 g/mol. The highest BCUT2D eigenvalue weighted by Crippen LogP contribution is 2.62. The van der Waals surface area contributed by atoms with Crippen molar-refractivity contribution in [2.45, 2.75) is 68.6 Å². The fourth-order valence-electron chi connectivity index (χ4n) is 6.17. The predicted molar refractivity (Wildman–Crippen MR) is 74.2 cm³/mol. The molecule has 20 heavy (non-hydrogen) atoms. The van der Waals surface area contributed by atoms with Gasteiger partial charge < -0.3 is 10.2 Å². The molecule has 2 aliphatic heterocycles. The number of hydrogen-bond donors (Lipinski definition) is 2. The minimum Gasteiger partial charge on any atom is -0.388 e. The largest absolute Gasteiger partial charge is 0.388 e. The van der Waals surface area contributed by atoms with E-state index in [-0.39, 0.29) is 11.7 Å². The van der Waals surface area contributed by atoms with Gasteiger partial charge in [0.05, 0.1) is 11.1 Å². The number of nitrogens with zero attached hydrogens (tertiary/aromatic N) is 1. The number of hydrogen-bond acceptors (Lipinski definition) is 4. The topological polar surface area (TPSA) is 60.8 Å². The van der Waals surface area contributed by atoms with Gasteiger partial charge >= 0.3 is 0 Å². The van der Waals surface area contributed by atoms with E-state index in [1.54, 1.807) is 0 Å². The standard InChI is InChI=1S/C16H25NO3/c1-11-8-12-9-13(18)15(20)5-3-7-17-6-2-4-14(12,19)16(15,17)10-11/h11-12,19-20H,2-10H2,1H3. The van der Waals surface area contributed by atoms with Crippen molar-refractivity contribution in [3.8, 4) is 0 Å². The Bertz CT molecular complexity index is 465. The van der Waals surface area contributed by atoms with E-state index >= 15 is 0 Å². The minimum absolute atomic E-state index is 0.00863. The molecule has 2 bridgehead atoms. The third-order valence-electron chi connectivity index (χ3n) is 6.79. The third kappa shape index (κ3) is 1.23. The predicted octanol–water partition coefficient (Wildman–Crippen LogP) is 1.10. The summed E-state index contributed by atoms with van der Waals surface area (Å²) < 4.78 is 0. The lowest BCUT2D eigenvalue weighted by atomic mass is 9.44. The normalized spacial score (nSPS) is 55.5. The van der Waals surface area contributed by atoms with Crippen molar-refractivity contribution in [2.75, 3.05) is 13.1 Å². The van der Waals surface area contributed by atoms with Crippen molar-refractivity contribution >= 4 is 5.78 Å². The van der Waals surface area contributed by atoms with Crippen molar-refractivity contribution in [2.24, 2.45) is 11.8 Å². The second-order valence-electron chi connectivity index (χ2n) is 7.71. The van der Waals surface area contributed by atoms with Gasteiger partial charge in [-0.15, -0.1) is 0 Å². The summed E-state index contributed by atoms with van der Waals surface area (Å²) in [5, 5.41) is 22.8. The molecule has 0 aromatic carbocycles. The number of aliphatic hydroxyl groups is 2. The van der Waals surface area contributed by atoms with Gasteiger partial charge in [-0.2, -0.15) is 0 Å². The van der Waals surface area contributed by atoms with Gasteiger partial charge in [-0.25, -0.2) is 0 Å². The molecule has 2 saturated heterocycles. The lowest BCUT2D eigenvalue weighted by Gasteiger charge is -2.71. The summed E-state index contributed by atoms with van der Waals surface area (Å²) in [7, 11) is 0. The van der Waals surface area contributed by atoms with Crippen molar-refractivity contribution in [3.05, 3.63) is 0 Å². The first-order chi connectivity index (χ1) is 9.44. The van der Waals surface area contributed by atoms with Crippen LogP contribution >= 0.6 is 0 Å². The molecule has 0 aromatic rings. The molecule has 0 radical (unpaired) electrons. The molecule has 5 atom stereocenters. The summed E-state index contributed by atoms with van der Waals surface area (Å²) >= 11 is 0. The highest BCUT2D eigenvalue weighted by Gasteiger charge is 2.75. The Morgan fingerprint density at radius 2 is 1.90 bits per heavy atom. The lowest BCUT2D eigenvalue weighted by molar-refractivity contribution is -0.292. The molecule has 2 saturated carbocycles. The second kappa shape index (κ2) is 3.84. The summed E-state index contributed by atoms with van der Waals surface area (Å²) in [6.45, 7) is 4.04. The van der Waals surface area contributed by atoms with Gasteiger partial charge in [0.25, 0.3) is 0 Å². The van der Waals surface area contributed by atoms with Crippen LogP contribution in [0.2, 0.25) is 0 Å². The van der Waals surface area contributed by atoms with Crippen LogP contribution < -0.4 is 0 Å². The molecular formula is C16H25NO3. The maximum atomic E-state index is 12.7. The molecule has 2 aliphatic carbocycles. The van der Waals surface area contributed by atoms with E-state index in [2.05, 4.69) is 11.8 Å². The molecule has 4 heteroatoms. The fourth-order valence-corrected chi connectivity index (χ4v) is 6.17. The molecule has 4 nitrogen and oxygen atoms in total. The van der Waals surface area contributed by atoms with E-state index in [1.165, 1.54) is 0 Å². The summed E-state index contributed by atoms with van der Waals surface area (Å²) in [5.41, 5.74) is -2.87. The molecule has 0 amide bonds. The summed E-state index contributed by atoms with van der Waals surface area (Å²) in [6.07, 6.45) is 5.18. The van der Waals surface area contributed by atoms with Crippen LogP contribution in [0.3, 0.4) is 0 Å². The Morgan fingerprint density at radius 3 is 2.65 bits per heavy atom.